The topological polar surface area (TPSA) is 81.7 Å². The lowest BCUT2D eigenvalue weighted by molar-refractivity contribution is -0.129. The van der Waals surface area contributed by atoms with Gasteiger partial charge in [-0.05, 0) is 67.1 Å². The highest BCUT2D eigenvalue weighted by Gasteiger charge is 2.20. The fourth-order valence-corrected chi connectivity index (χ4v) is 4.63. The first-order valence-electron chi connectivity index (χ1n) is 9.53. The number of nitrogens with zero attached hydrogens (tertiary/aromatic N) is 1. The Balaban J connectivity index is 1.35. The van der Waals surface area contributed by atoms with Gasteiger partial charge in [0.1, 0.15) is 0 Å². The molecule has 0 aliphatic carbocycles. The Morgan fingerprint density at radius 2 is 1.96 bits per heavy atom. The van der Waals surface area contributed by atoms with E-state index >= 15 is 0 Å². The SMILES string of the molecule is O=C(CCCC1CCN(CC(=O)NCc2csc3ccccc23)CC1)NO. The van der Waals surface area contributed by atoms with Crippen LogP contribution in [0.3, 0.4) is 0 Å². The summed E-state index contributed by atoms with van der Waals surface area (Å²) in [4.78, 5) is 25.5. The van der Waals surface area contributed by atoms with Crippen molar-refractivity contribution in [2.24, 2.45) is 5.92 Å². The van der Waals surface area contributed by atoms with Gasteiger partial charge in [0.2, 0.25) is 11.8 Å². The summed E-state index contributed by atoms with van der Waals surface area (Å²) in [5.74, 6) is 0.360. The van der Waals surface area contributed by atoms with Crippen LogP contribution in [0.4, 0.5) is 0 Å². The molecule has 3 N–H and O–H groups in total. The van der Waals surface area contributed by atoms with Gasteiger partial charge in [-0.1, -0.05) is 18.2 Å². The molecule has 1 aliphatic rings. The molecule has 27 heavy (non-hydrogen) atoms. The van der Waals surface area contributed by atoms with E-state index < -0.39 is 0 Å². The van der Waals surface area contributed by atoms with Crippen LogP contribution >= 0.6 is 11.3 Å². The number of carbonyl (C=O) groups is 2. The third-order valence-electron chi connectivity index (χ3n) is 5.25. The van der Waals surface area contributed by atoms with E-state index in [0.717, 1.165) is 38.8 Å². The molecule has 1 aromatic carbocycles. The number of rotatable bonds is 8. The van der Waals surface area contributed by atoms with Crippen molar-refractivity contribution in [3.8, 4) is 0 Å². The average Bonchev–Trinajstić information content (AvgIpc) is 3.11. The van der Waals surface area contributed by atoms with Crippen molar-refractivity contribution >= 4 is 33.2 Å². The third-order valence-corrected chi connectivity index (χ3v) is 6.26. The number of hydrogen-bond donors (Lipinski definition) is 3. The highest BCUT2D eigenvalue weighted by molar-refractivity contribution is 7.17. The van der Waals surface area contributed by atoms with Gasteiger partial charge in [0, 0.05) is 17.7 Å². The lowest BCUT2D eigenvalue weighted by Crippen LogP contribution is -2.41. The quantitative estimate of drug-likeness (QED) is 0.479. The first-order chi connectivity index (χ1) is 13.2. The van der Waals surface area contributed by atoms with Crippen molar-refractivity contribution in [2.45, 2.75) is 38.6 Å². The van der Waals surface area contributed by atoms with Gasteiger partial charge in [0.15, 0.2) is 0 Å². The highest BCUT2D eigenvalue weighted by atomic mass is 32.1. The van der Waals surface area contributed by atoms with E-state index in [9.17, 15) is 9.59 Å². The van der Waals surface area contributed by atoms with Crippen molar-refractivity contribution in [3.63, 3.8) is 0 Å². The Morgan fingerprint density at radius 3 is 2.74 bits per heavy atom. The molecule has 3 rings (SSSR count). The van der Waals surface area contributed by atoms with E-state index in [0.29, 0.717) is 25.4 Å². The fourth-order valence-electron chi connectivity index (χ4n) is 3.66. The van der Waals surface area contributed by atoms with Crippen LogP contribution in [0.5, 0.6) is 0 Å². The van der Waals surface area contributed by atoms with Crippen molar-refractivity contribution in [2.75, 3.05) is 19.6 Å². The maximum absolute atomic E-state index is 12.3. The van der Waals surface area contributed by atoms with Crippen LogP contribution in [0.15, 0.2) is 29.6 Å². The summed E-state index contributed by atoms with van der Waals surface area (Å²) in [5.41, 5.74) is 2.85. The van der Waals surface area contributed by atoms with E-state index in [1.165, 1.54) is 15.6 Å². The summed E-state index contributed by atoms with van der Waals surface area (Å²) >= 11 is 1.71. The Morgan fingerprint density at radius 1 is 1.19 bits per heavy atom. The van der Waals surface area contributed by atoms with Gasteiger partial charge in [0.05, 0.1) is 6.54 Å². The second kappa shape index (κ2) is 9.82. The number of fused-ring (bicyclic) bond motifs is 1. The van der Waals surface area contributed by atoms with Crippen LogP contribution in [0.1, 0.15) is 37.7 Å². The van der Waals surface area contributed by atoms with Crippen molar-refractivity contribution in [1.29, 1.82) is 0 Å². The first kappa shape index (κ1) is 19.8. The fraction of sp³-hybridized carbons (Fsp3) is 0.500. The molecule has 0 bridgehead atoms. The molecule has 2 amide bonds. The lowest BCUT2D eigenvalue weighted by Gasteiger charge is -2.31. The Hall–Kier alpha value is -1.96. The van der Waals surface area contributed by atoms with Gasteiger partial charge >= 0.3 is 0 Å². The number of likely N-dealkylation sites (tertiary alicyclic amines) is 1. The number of benzene rings is 1. The molecule has 1 aromatic heterocycles. The number of thiophene rings is 1. The highest BCUT2D eigenvalue weighted by Crippen LogP contribution is 2.25. The minimum Gasteiger partial charge on any atom is -0.351 e. The van der Waals surface area contributed by atoms with Crippen LogP contribution in [0, 0.1) is 5.92 Å². The number of hydroxylamine groups is 1. The third kappa shape index (κ3) is 5.76. The Labute approximate surface area is 163 Å². The molecule has 1 fully saturated rings. The second-order valence-electron chi connectivity index (χ2n) is 7.18. The molecule has 1 aliphatic heterocycles. The molecular formula is C20H27N3O3S. The summed E-state index contributed by atoms with van der Waals surface area (Å²) < 4.78 is 1.25. The monoisotopic (exact) mass is 389 g/mol. The van der Waals surface area contributed by atoms with Crippen LogP contribution in [-0.2, 0) is 16.1 Å². The molecule has 0 atom stereocenters. The number of hydrogen-bond acceptors (Lipinski definition) is 5. The largest absolute Gasteiger partial charge is 0.351 e. The van der Waals surface area contributed by atoms with E-state index in [1.54, 1.807) is 16.8 Å². The minimum absolute atomic E-state index is 0.0725. The minimum atomic E-state index is -0.317. The van der Waals surface area contributed by atoms with Gasteiger partial charge < -0.3 is 5.32 Å². The molecular weight excluding hydrogens is 362 g/mol. The zero-order valence-corrected chi connectivity index (χ0v) is 16.3. The van der Waals surface area contributed by atoms with E-state index in [2.05, 4.69) is 27.7 Å². The predicted octanol–water partition coefficient (Wildman–Crippen LogP) is 2.91. The number of carbonyl (C=O) groups excluding carboxylic acids is 2. The van der Waals surface area contributed by atoms with E-state index in [4.69, 9.17) is 5.21 Å². The van der Waals surface area contributed by atoms with E-state index in [1.807, 2.05) is 12.1 Å². The molecule has 0 unspecified atom stereocenters. The standard InChI is InChI=1S/C20H27N3O3S/c24-19(22-26)7-3-4-15-8-10-23(11-9-15)13-20(25)21-12-16-14-27-18-6-2-1-5-17(16)18/h1-2,5-6,14-15,26H,3-4,7-13H2,(H,21,25)(H,22,24). The van der Waals surface area contributed by atoms with Gasteiger partial charge in [-0.2, -0.15) is 0 Å². The van der Waals surface area contributed by atoms with Gasteiger partial charge in [0.25, 0.3) is 0 Å². The number of piperidine rings is 1. The lowest BCUT2D eigenvalue weighted by atomic mass is 9.91. The summed E-state index contributed by atoms with van der Waals surface area (Å²) in [6, 6.07) is 8.26. The summed E-state index contributed by atoms with van der Waals surface area (Å²) in [6.45, 7) is 2.87. The average molecular weight is 390 g/mol. The number of amides is 2. The molecule has 7 heteroatoms. The van der Waals surface area contributed by atoms with Gasteiger partial charge in [-0.25, -0.2) is 5.48 Å². The normalized spacial score (nSPS) is 15.7. The molecule has 0 radical (unpaired) electrons. The maximum atomic E-state index is 12.3. The molecule has 2 aromatic rings. The second-order valence-corrected chi connectivity index (χ2v) is 8.09. The van der Waals surface area contributed by atoms with Gasteiger partial charge in [-0.3, -0.25) is 19.7 Å². The predicted molar refractivity (Wildman–Crippen MR) is 107 cm³/mol. The molecule has 146 valence electrons. The molecule has 0 saturated carbocycles. The van der Waals surface area contributed by atoms with Crippen LogP contribution in [0.25, 0.3) is 10.1 Å². The molecule has 1 saturated heterocycles. The summed E-state index contributed by atoms with van der Waals surface area (Å²) in [6.07, 6.45) is 4.29. The maximum Gasteiger partial charge on any atom is 0.243 e. The van der Waals surface area contributed by atoms with Gasteiger partial charge in [-0.15, -0.1) is 11.3 Å². The van der Waals surface area contributed by atoms with Crippen LogP contribution < -0.4 is 10.8 Å². The molecule has 6 nitrogen and oxygen atoms in total. The Kier molecular flexibility index (Phi) is 7.20. The van der Waals surface area contributed by atoms with Crippen molar-refractivity contribution < 1.29 is 14.8 Å². The van der Waals surface area contributed by atoms with Crippen molar-refractivity contribution in [1.82, 2.24) is 15.7 Å². The molecule has 2 heterocycles. The zero-order chi connectivity index (χ0) is 19.1. The first-order valence-corrected chi connectivity index (χ1v) is 10.4. The smallest absolute Gasteiger partial charge is 0.243 e. The van der Waals surface area contributed by atoms with Crippen LogP contribution in [-0.4, -0.2) is 41.6 Å². The molecule has 0 spiro atoms. The number of nitrogens with one attached hydrogen (secondary N) is 2. The Bertz CT molecular complexity index is 769. The van der Waals surface area contributed by atoms with E-state index in [-0.39, 0.29) is 11.8 Å². The zero-order valence-electron chi connectivity index (χ0n) is 15.4. The summed E-state index contributed by atoms with van der Waals surface area (Å²) in [5, 5.41) is 14.9. The summed E-state index contributed by atoms with van der Waals surface area (Å²) in [7, 11) is 0. The van der Waals surface area contributed by atoms with Crippen molar-refractivity contribution in [3.05, 3.63) is 35.2 Å². The van der Waals surface area contributed by atoms with Crippen LogP contribution in [0.2, 0.25) is 0 Å².